The second-order valence-corrected chi connectivity index (χ2v) is 6.12. The van der Waals surface area contributed by atoms with Crippen LogP contribution in [0.1, 0.15) is 26.2 Å². The maximum Gasteiger partial charge on any atom is 0.239 e. The number of nitrogens with two attached hydrogens (primary N) is 1. The molecule has 4 nitrogen and oxygen atoms in total. The summed E-state index contributed by atoms with van der Waals surface area (Å²) in [5.41, 5.74) is 7.03. The number of rotatable bonds is 7. The van der Waals surface area contributed by atoms with Gasteiger partial charge in [0.15, 0.2) is 0 Å². The minimum absolute atomic E-state index is 0.0879. The molecule has 0 aliphatic carbocycles. The fourth-order valence-electron chi connectivity index (χ4n) is 1.66. The summed E-state index contributed by atoms with van der Waals surface area (Å²) in [7, 11) is 0.625. The molecule has 0 radical (unpaired) electrons. The minimum atomic E-state index is -1.07. The maximum absolute atomic E-state index is 12.0. The van der Waals surface area contributed by atoms with Gasteiger partial charge in [0.2, 0.25) is 5.91 Å². The van der Waals surface area contributed by atoms with Gasteiger partial charge in [0.1, 0.15) is 5.75 Å². The third-order valence-electron chi connectivity index (χ3n) is 2.91. The Morgan fingerprint density at radius 3 is 2.47 bits per heavy atom. The van der Waals surface area contributed by atoms with Gasteiger partial charge in [-0.1, -0.05) is 19.8 Å². The molecule has 0 spiro atoms. The Bertz CT molecular complexity index is 432. The number of amides is 1. The van der Waals surface area contributed by atoms with Gasteiger partial charge in [-0.2, -0.15) is 0 Å². The molecular formula is C14H22N2O2S. The van der Waals surface area contributed by atoms with Crippen LogP contribution in [0.4, 0.5) is 11.4 Å². The highest BCUT2D eigenvalue weighted by molar-refractivity contribution is 7.85. The van der Waals surface area contributed by atoms with Crippen LogP contribution in [0.25, 0.3) is 0 Å². The normalized spacial score (nSPS) is 12.1. The first-order valence-electron chi connectivity index (χ1n) is 6.51. The number of carbonyl (C=O) groups excluding carboxylic acids is 1. The third-order valence-corrected chi connectivity index (χ3v) is 4.23. The van der Waals surface area contributed by atoms with Crippen molar-refractivity contribution in [2.24, 2.45) is 0 Å². The van der Waals surface area contributed by atoms with Gasteiger partial charge in [0.05, 0.1) is 0 Å². The zero-order valence-corrected chi connectivity index (χ0v) is 12.4. The number of carbonyl (C=O) groups is 1. The predicted molar refractivity (Wildman–Crippen MR) is 81.7 cm³/mol. The summed E-state index contributed by atoms with van der Waals surface area (Å²) in [6.07, 6.45) is 3.08. The van der Waals surface area contributed by atoms with Crippen molar-refractivity contribution >= 4 is 28.1 Å². The molecule has 1 aromatic rings. The highest BCUT2D eigenvalue weighted by atomic mass is 32.2. The molecule has 1 amide bonds. The lowest BCUT2D eigenvalue weighted by atomic mass is 10.2. The summed E-state index contributed by atoms with van der Waals surface area (Å²) in [4.78, 5) is 13.5. The number of anilines is 2. The molecule has 1 unspecified atom stereocenters. The van der Waals surface area contributed by atoms with Crippen molar-refractivity contribution in [3.63, 3.8) is 0 Å². The highest BCUT2D eigenvalue weighted by Crippen LogP contribution is 2.15. The summed E-state index contributed by atoms with van der Waals surface area (Å²) in [5.74, 6) is 0.569. The van der Waals surface area contributed by atoms with Crippen molar-refractivity contribution in [3.05, 3.63) is 24.3 Å². The molecule has 19 heavy (non-hydrogen) atoms. The monoisotopic (exact) mass is 282 g/mol. The minimum Gasteiger partial charge on any atom is -0.399 e. The number of hydrogen-bond donors (Lipinski definition) is 1. The van der Waals surface area contributed by atoms with E-state index < -0.39 is 10.8 Å². The van der Waals surface area contributed by atoms with Gasteiger partial charge in [0.25, 0.3) is 0 Å². The van der Waals surface area contributed by atoms with Crippen molar-refractivity contribution in [3.8, 4) is 0 Å². The first-order chi connectivity index (χ1) is 9.04. The maximum atomic E-state index is 12.0. The lowest BCUT2D eigenvalue weighted by Crippen LogP contribution is -2.31. The Labute approximate surface area is 117 Å². The van der Waals surface area contributed by atoms with Crippen molar-refractivity contribution in [2.75, 3.05) is 29.2 Å². The van der Waals surface area contributed by atoms with Gasteiger partial charge in [-0.25, -0.2) is 0 Å². The van der Waals surface area contributed by atoms with Crippen molar-refractivity contribution in [2.45, 2.75) is 26.2 Å². The van der Waals surface area contributed by atoms with E-state index in [1.165, 1.54) is 4.90 Å². The first-order valence-corrected chi connectivity index (χ1v) is 8.00. The molecule has 0 saturated heterocycles. The van der Waals surface area contributed by atoms with Gasteiger partial charge >= 0.3 is 0 Å². The second-order valence-electron chi connectivity index (χ2n) is 4.54. The second kappa shape index (κ2) is 7.94. The summed E-state index contributed by atoms with van der Waals surface area (Å²) >= 11 is 0. The van der Waals surface area contributed by atoms with Gasteiger partial charge in [-0.3, -0.25) is 9.00 Å². The molecule has 2 N–H and O–H groups in total. The lowest BCUT2D eigenvalue weighted by molar-refractivity contribution is -0.115. The van der Waals surface area contributed by atoms with E-state index in [9.17, 15) is 9.00 Å². The van der Waals surface area contributed by atoms with Crippen LogP contribution in [-0.2, 0) is 15.6 Å². The van der Waals surface area contributed by atoms with E-state index >= 15 is 0 Å². The van der Waals surface area contributed by atoms with E-state index in [2.05, 4.69) is 6.92 Å². The quantitative estimate of drug-likeness (QED) is 0.616. The molecule has 0 aliphatic rings. The van der Waals surface area contributed by atoms with Crippen molar-refractivity contribution in [1.82, 2.24) is 0 Å². The fraction of sp³-hybridized carbons (Fsp3) is 0.500. The van der Waals surface area contributed by atoms with Crippen LogP contribution >= 0.6 is 0 Å². The molecule has 1 rings (SSSR count). The molecule has 0 aromatic heterocycles. The van der Waals surface area contributed by atoms with E-state index in [1.54, 1.807) is 31.3 Å². The van der Waals surface area contributed by atoms with Gasteiger partial charge in [0, 0.05) is 35.0 Å². The zero-order valence-electron chi connectivity index (χ0n) is 11.6. The molecule has 106 valence electrons. The number of nitrogens with zero attached hydrogens (tertiary/aromatic N) is 1. The summed E-state index contributed by atoms with van der Waals surface area (Å²) in [6.45, 7) is 2.10. The van der Waals surface area contributed by atoms with Crippen LogP contribution in [0.5, 0.6) is 0 Å². The summed E-state index contributed by atoms with van der Waals surface area (Å²) in [6, 6.07) is 7.06. The molecule has 0 saturated carbocycles. The molecule has 1 atom stereocenters. The summed E-state index contributed by atoms with van der Waals surface area (Å²) < 4.78 is 11.8. The average molecular weight is 282 g/mol. The van der Waals surface area contributed by atoms with E-state index in [4.69, 9.17) is 5.73 Å². The third kappa shape index (κ3) is 5.42. The first kappa shape index (κ1) is 15.7. The van der Waals surface area contributed by atoms with Crippen LogP contribution in [0.15, 0.2) is 24.3 Å². The van der Waals surface area contributed by atoms with Crippen LogP contribution in [0.2, 0.25) is 0 Å². The summed E-state index contributed by atoms with van der Waals surface area (Å²) in [5, 5.41) is 0. The number of nitrogen functional groups attached to an aromatic ring is 1. The largest absolute Gasteiger partial charge is 0.399 e. The smallest absolute Gasteiger partial charge is 0.239 e. The standard InChI is InChI=1S/C14H22N2O2S/c1-3-4-5-10-19(18)11-14(17)16(2)13-8-6-12(15)7-9-13/h6-9H,3-5,10-11,15H2,1-2H3. The number of unbranched alkanes of at least 4 members (excludes halogenated alkanes) is 2. The molecule has 5 heteroatoms. The molecule has 0 fully saturated rings. The van der Waals surface area contributed by atoms with E-state index in [-0.39, 0.29) is 11.7 Å². The van der Waals surface area contributed by atoms with Crippen LogP contribution in [0.3, 0.4) is 0 Å². The Hall–Kier alpha value is -1.36. The van der Waals surface area contributed by atoms with Crippen molar-refractivity contribution < 1.29 is 9.00 Å². The average Bonchev–Trinajstić information content (AvgIpc) is 2.39. The number of benzene rings is 1. The Kier molecular flexibility index (Phi) is 6.56. The van der Waals surface area contributed by atoms with E-state index in [0.29, 0.717) is 11.4 Å². The topological polar surface area (TPSA) is 63.4 Å². The van der Waals surface area contributed by atoms with Crippen molar-refractivity contribution in [1.29, 1.82) is 0 Å². The zero-order chi connectivity index (χ0) is 14.3. The molecular weight excluding hydrogens is 260 g/mol. The van der Waals surface area contributed by atoms with E-state index in [0.717, 1.165) is 24.9 Å². The molecule has 0 bridgehead atoms. The molecule has 1 aromatic carbocycles. The SMILES string of the molecule is CCCCCS(=O)CC(=O)N(C)c1ccc(N)cc1. The van der Waals surface area contributed by atoms with Crippen LogP contribution < -0.4 is 10.6 Å². The Morgan fingerprint density at radius 1 is 1.26 bits per heavy atom. The molecule has 0 aliphatic heterocycles. The van der Waals surface area contributed by atoms with Gasteiger partial charge in [-0.15, -0.1) is 0 Å². The predicted octanol–water partition coefficient (Wildman–Crippen LogP) is 2.17. The Balaban J connectivity index is 2.48. The van der Waals surface area contributed by atoms with Gasteiger partial charge < -0.3 is 10.6 Å². The fourth-order valence-corrected chi connectivity index (χ4v) is 2.80. The Morgan fingerprint density at radius 2 is 1.89 bits per heavy atom. The van der Waals surface area contributed by atoms with Crippen LogP contribution in [0, 0.1) is 0 Å². The van der Waals surface area contributed by atoms with Crippen LogP contribution in [-0.4, -0.2) is 28.7 Å². The van der Waals surface area contributed by atoms with Gasteiger partial charge in [-0.05, 0) is 30.7 Å². The molecule has 0 heterocycles. The van der Waals surface area contributed by atoms with E-state index in [1.807, 2.05) is 0 Å². The number of hydrogen-bond acceptors (Lipinski definition) is 3. The highest BCUT2D eigenvalue weighted by Gasteiger charge is 2.14. The lowest BCUT2D eigenvalue weighted by Gasteiger charge is -2.17.